The van der Waals surface area contributed by atoms with Gasteiger partial charge in [0.25, 0.3) is 5.91 Å². The van der Waals surface area contributed by atoms with Crippen molar-refractivity contribution in [1.29, 1.82) is 0 Å². The summed E-state index contributed by atoms with van der Waals surface area (Å²) in [6.45, 7) is 13.1. The fourth-order valence-corrected chi connectivity index (χ4v) is 5.49. The Kier molecular flexibility index (Phi) is 7.75. The van der Waals surface area contributed by atoms with Gasteiger partial charge in [-0.15, -0.1) is 11.3 Å². The number of thiophene rings is 1. The summed E-state index contributed by atoms with van der Waals surface area (Å²) in [6, 6.07) is 5.65. The third-order valence-electron chi connectivity index (χ3n) is 6.33. The van der Waals surface area contributed by atoms with Crippen molar-refractivity contribution in [2.24, 2.45) is 5.41 Å². The second-order valence-electron chi connectivity index (χ2n) is 10.4. The molecule has 0 radical (unpaired) electrons. The van der Waals surface area contributed by atoms with Crippen LogP contribution in [0.25, 0.3) is 0 Å². The molecule has 2 amide bonds. The molecular weight excluding hydrogens is 488 g/mol. The monoisotopic (exact) mass is 522 g/mol. The minimum atomic E-state index is -0.601. The minimum absolute atomic E-state index is 0.0259. The largest absolute Gasteiger partial charge is 0.377 e. The average molecular weight is 523 g/mol. The lowest BCUT2D eigenvalue weighted by Crippen LogP contribution is -2.59. The van der Waals surface area contributed by atoms with Gasteiger partial charge in [-0.1, -0.05) is 32.4 Å². The highest BCUT2D eigenvalue weighted by Gasteiger charge is 2.36. The maximum Gasteiger partial charge on any atom is 0.320 e. The summed E-state index contributed by atoms with van der Waals surface area (Å²) < 4.78 is 7.77. The number of piperazine rings is 1. The molecule has 0 aromatic carbocycles. The van der Waals surface area contributed by atoms with Gasteiger partial charge < -0.3 is 25.2 Å². The van der Waals surface area contributed by atoms with E-state index in [4.69, 9.17) is 21.4 Å². The number of nitrogens with zero attached hydrogens (tertiary/aromatic N) is 4. The number of hydrogen-bond acceptors (Lipinski definition) is 7. The third kappa shape index (κ3) is 5.82. The van der Waals surface area contributed by atoms with Gasteiger partial charge >= 0.3 is 6.03 Å². The van der Waals surface area contributed by atoms with E-state index in [0.29, 0.717) is 45.2 Å². The summed E-state index contributed by atoms with van der Waals surface area (Å²) in [5.41, 5.74) is 0.131. The Morgan fingerprint density at radius 1 is 1.26 bits per heavy atom. The molecule has 2 aliphatic heterocycles. The maximum absolute atomic E-state index is 13.4. The number of ether oxygens (including phenoxy) is 1. The van der Waals surface area contributed by atoms with Crippen LogP contribution >= 0.6 is 22.9 Å². The molecule has 4 rings (SSSR count). The van der Waals surface area contributed by atoms with Crippen molar-refractivity contribution < 1.29 is 14.3 Å². The number of rotatable bonds is 4. The van der Waals surface area contributed by atoms with Crippen LogP contribution in [0.4, 0.5) is 10.6 Å². The summed E-state index contributed by atoms with van der Waals surface area (Å²) in [5.74, 6) is 0.528. The predicted molar refractivity (Wildman–Crippen MR) is 138 cm³/mol. The number of carbonyl (C=O) groups excluding carboxylic acids is 2. The number of nitrogens with one attached hydrogen (secondary N) is 2. The van der Waals surface area contributed by atoms with Gasteiger partial charge in [0.2, 0.25) is 0 Å². The number of urea groups is 1. The second-order valence-corrected chi connectivity index (χ2v) is 12.2. The van der Waals surface area contributed by atoms with E-state index in [0.717, 1.165) is 14.9 Å². The van der Waals surface area contributed by atoms with Crippen molar-refractivity contribution in [2.75, 3.05) is 38.2 Å². The Labute approximate surface area is 215 Å². The van der Waals surface area contributed by atoms with Crippen molar-refractivity contribution in [3.63, 3.8) is 0 Å². The normalized spacial score (nSPS) is 23.4. The van der Waals surface area contributed by atoms with Crippen LogP contribution < -0.4 is 10.6 Å². The molecule has 2 aliphatic rings. The summed E-state index contributed by atoms with van der Waals surface area (Å²) in [4.78, 5) is 31.4. The lowest BCUT2D eigenvalue weighted by molar-refractivity contribution is -0.0233. The molecule has 0 spiro atoms. The average Bonchev–Trinajstić information content (AvgIpc) is 3.42. The molecule has 0 saturated carbocycles. The first-order chi connectivity index (χ1) is 16.5. The molecule has 3 unspecified atom stereocenters. The molecule has 9 nitrogen and oxygen atoms in total. The quantitative estimate of drug-likeness (QED) is 0.629. The number of morpholine rings is 1. The fraction of sp³-hybridized carbons (Fsp3) is 0.625. The smallest absolute Gasteiger partial charge is 0.320 e. The third-order valence-corrected chi connectivity index (χ3v) is 7.56. The van der Waals surface area contributed by atoms with Gasteiger partial charge in [0.15, 0.2) is 0 Å². The SMILES string of the molecule is CC1COCC(C)N1C(=O)N1CCNC(c2cc(NCc3ccc(Cl)s3)n(C(=O)C(C)(C)C)n2)C1. The van der Waals surface area contributed by atoms with E-state index in [1.807, 2.05) is 62.6 Å². The maximum atomic E-state index is 13.4. The molecule has 0 bridgehead atoms. The van der Waals surface area contributed by atoms with Crippen LogP contribution in [-0.2, 0) is 11.3 Å². The van der Waals surface area contributed by atoms with Gasteiger partial charge in [0.1, 0.15) is 5.82 Å². The van der Waals surface area contributed by atoms with Crippen LogP contribution in [0.5, 0.6) is 0 Å². The minimum Gasteiger partial charge on any atom is -0.377 e. The van der Waals surface area contributed by atoms with E-state index in [1.165, 1.54) is 16.0 Å². The van der Waals surface area contributed by atoms with E-state index in [2.05, 4.69) is 10.6 Å². The molecule has 0 aliphatic carbocycles. The van der Waals surface area contributed by atoms with Gasteiger partial charge in [0, 0.05) is 36.0 Å². The first-order valence-electron chi connectivity index (χ1n) is 12.1. The highest BCUT2D eigenvalue weighted by atomic mass is 35.5. The van der Waals surface area contributed by atoms with Crippen LogP contribution in [0.2, 0.25) is 4.34 Å². The number of aromatic nitrogens is 2. The number of amides is 2. The highest BCUT2D eigenvalue weighted by molar-refractivity contribution is 7.16. The number of hydrogen-bond donors (Lipinski definition) is 2. The van der Waals surface area contributed by atoms with E-state index in [9.17, 15) is 9.59 Å². The molecule has 4 heterocycles. The van der Waals surface area contributed by atoms with Crippen molar-refractivity contribution in [3.05, 3.63) is 33.1 Å². The van der Waals surface area contributed by atoms with Crippen molar-refractivity contribution in [2.45, 2.75) is 59.3 Å². The Morgan fingerprint density at radius 2 is 1.97 bits per heavy atom. The first kappa shape index (κ1) is 25.9. The molecule has 2 saturated heterocycles. The number of halogens is 1. The van der Waals surface area contributed by atoms with Crippen LogP contribution in [0.3, 0.4) is 0 Å². The zero-order chi connectivity index (χ0) is 25.3. The fourth-order valence-electron chi connectivity index (χ4n) is 4.46. The standard InChI is InChI=1S/C24H35ClN6O3S/c1-15-13-34-14-16(2)30(15)23(33)29-9-8-26-19(12-29)18-10-21(27-11-17-6-7-20(25)35-17)31(28-18)22(32)24(3,4)5/h6-7,10,15-16,19,26-27H,8-9,11-14H2,1-5H3. The van der Waals surface area contributed by atoms with Gasteiger partial charge in [-0.2, -0.15) is 9.78 Å². The molecule has 2 aromatic rings. The highest BCUT2D eigenvalue weighted by Crippen LogP contribution is 2.27. The molecule has 11 heteroatoms. The van der Waals surface area contributed by atoms with Crippen LogP contribution in [-0.4, -0.2) is 76.5 Å². The van der Waals surface area contributed by atoms with Crippen molar-refractivity contribution >= 4 is 40.7 Å². The number of anilines is 1. The van der Waals surface area contributed by atoms with Gasteiger partial charge in [-0.05, 0) is 26.0 Å². The van der Waals surface area contributed by atoms with E-state index in [-0.39, 0.29) is 30.1 Å². The van der Waals surface area contributed by atoms with Gasteiger partial charge in [-0.25, -0.2) is 4.79 Å². The second kappa shape index (κ2) is 10.5. The Morgan fingerprint density at radius 3 is 2.60 bits per heavy atom. The summed E-state index contributed by atoms with van der Waals surface area (Å²) in [6.07, 6.45) is 0. The van der Waals surface area contributed by atoms with E-state index >= 15 is 0 Å². The summed E-state index contributed by atoms with van der Waals surface area (Å²) in [7, 11) is 0. The van der Waals surface area contributed by atoms with Crippen LogP contribution in [0.1, 0.15) is 56.0 Å². The zero-order valence-electron chi connectivity index (χ0n) is 21.0. The molecule has 35 heavy (non-hydrogen) atoms. The molecule has 2 aromatic heterocycles. The molecular formula is C24H35ClN6O3S. The summed E-state index contributed by atoms with van der Waals surface area (Å²) >= 11 is 7.57. The zero-order valence-corrected chi connectivity index (χ0v) is 22.6. The lowest BCUT2D eigenvalue weighted by atomic mass is 9.96. The van der Waals surface area contributed by atoms with Gasteiger partial charge in [0.05, 0.1) is 47.9 Å². The molecule has 2 N–H and O–H groups in total. The Bertz CT molecular complexity index is 1050. The summed E-state index contributed by atoms with van der Waals surface area (Å²) in [5, 5.41) is 11.5. The lowest BCUT2D eigenvalue weighted by Gasteiger charge is -2.43. The topological polar surface area (TPSA) is 91.7 Å². The molecule has 192 valence electrons. The Hall–Kier alpha value is -2.14. The van der Waals surface area contributed by atoms with E-state index < -0.39 is 5.41 Å². The molecule has 3 atom stereocenters. The van der Waals surface area contributed by atoms with Crippen LogP contribution in [0, 0.1) is 5.41 Å². The van der Waals surface area contributed by atoms with E-state index in [1.54, 1.807) is 0 Å². The number of carbonyl (C=O) groups is 2. The van der Waals surface area contributed by atoms with Gasteiger partial charge in [-0.3, -0.25) is 4.79 Å². The van der Waals surface area contributed by atoms with Crippen molar-refractivity contribution in [1.82, 2.24) is 24.9 Å². The molecule has 2 fully saturated rings. The van der Waals surface area contributed by atoms with Crippen LogP contribution in [0.15, 0.2) is 18.2 Å². The predicted octanol–water partition coefficient (Wildman–Crippen LogP) is 4.07. The first-order valence-corrected chi connectivity index (χ1v) is 13.2. The van der Waals surface area contributed by atoms with Crippen molar-refractivity contribution in [3.8, 4) is 0 Å². The Balaban J connectivity index is 1.54.